The van der Waals surface area contributed by atoms with E-state index in [1.165, 1.54) is 18.3 Å². The molecule has 0 unspecified atom stereocenters. The van der Waals surface area contributed by atoms with Gasteiger partial charge in [0.1, 0.15) is 0 Å². The number of aromatic nitrogens is 1. The second-order valence-corrected chi connectivity index (χ2v) is 7.14. The van der Waals surface area contributed by atoms with Crippen molar-refractivity contribution in [3.05, 3.63) is 59.7 Å². The molecule has 0 radical (unpaired) electrons. The van der Waals surface area contributed by atoms with Crippen LogP contribution in [0.4, 0.5) is 0 Å². The lowest BCUT2D eigenvalue weighted by atomic mass is 10.2. The Kier molecular flexibility index (Phi) is 4.02. The number of hydrogen-bond acceptors (Lipinski definition) is 4. The normalized spacial score (nSPS) is 12.1. The van der Waals surface area contributed by atoms with Crippen LogP contribution in [0.2, 0.25) is 0 Å². The Bertz CT molecular complexity index is 1020. The zero-order chi connectivity index (χ0) is 17.3. The Morgan fingerprint density at radius 2 is 1.79 bits per heavy atom. The van der Waals surface area contributed by atoms with Gasteiger partial charge in [0.05, 0.1) is 22.2 Å². The number of para-hydroxylation sites is 1. The number of aromatic hydroxyl groups is 1. The third-order valence-corrected chi connectivity index (χ3v) is 5.05. The van der Waals surface area contributed by atoms with Crippen LogP contribution in [0.1, 0.15) is 11.1 Å². The number of fused-ring (bicyclic) bond motifs is 1. The van der Waals surface area contributed by atoms with Gasteiger partial charge in [-0.25, -0.2) is 4.83 Å². The summed E-state index contributed by atoms with van der Waals surface area (Å²) in [5, 5.41) is 14.8. The van der Waals surface area contributed by atoms with Crippen LogP contribution in [0.25, 0.3) is 10.9 Å². The molecule has 0 amide bonds. The number of hydrogen-bond donors (Lipinski definition) is 2. The second kappa shape index (κ2) is 6.01. The predicted molar refractivity (Wildman–Crippen MR) is 93.7 cm³/mol. The highest BCUT2D eigenvalue weighted by Crippen LogP contribution is 2.28. The summed E-state index contributed by atoms with van der Waals surface area (Å²) in [6, 6.07) is 13.9. The Morgan fingerprint density at radius 1 is 1.12 bits per heavy atom. The lowest BCUT2D eigenvalue weighted by molar-refractivity contribution is 0.434. The van der Waals surface area contributed by atoms with E-state index in [1.807, 2.05) is 31.2 Å². The Balaban J connectivity index is 1.90. The molecule has 0 bridgehead atoms. The average Bonchev–Trinajstić information content (AvgIpc) is 2.80. The summed E-state index contributed by atoms with van der Waals surface area (Å²) < 4.78 is 26.0. The molecule has 2 aromatic carbocycles. The Morgan fingerprint density at radius 3 is 2.50 bits per heavy atom. The largest absolute Gasteiger partial charge is 0.494 e. The number of hydrazone groups is 1. The molecule has 1 heterocycles. The minimum absolute atomic E-state index is 0.0227. The zero-order valence-electron chi connectivity index (χ0n) is 13.3. The van der Waals surface area contributed by atoms with Crippen LogP contribution in [0.15, 0.2) is 58.5 Å². The molecule has 124 valence electrons. The van der Waals surface area contributed by atoms with Gasteiger partial charge in [0.15, 0.2) is 0 Å². The fourth-order valence-corrected chi connectivity index (χ4v) is 3.26. The maximum absolute atomic E-state index is 12.2. The van der Waals surface area contributed by atoms with E-state index in [4.69, 9.17) is 0 Å². The first kappa shape index (κ1) is 16.1. The highest BCUT2D eigenvalue weighted by atomic mass is 32.2. The van der Waals surface area contributed by atoms with Crippen molar-refractivity contribution in [3.8, 4) is 5.88 Å². The van der Waals surface area contributed by atoms with Crippen molar-refractivity contribution in [1.82, 2.24) is 9.40 Å². The topological polar surface area (TPSA) is 83.7 Å². The molecule has 3 rings (SSSR count). The van der Waals surface area contributed by atoms with Gasteiger partial charge in [0.2, 0.25) is 5.88 Å². The molecule has 7 heteroatoms. The first-order chi connectivity index (χ1) is 11.4. The van der Waals surface area contributed by atoms with Crippen molar-refractivity contribution in [2.24, 2.45) is 12.1 Å². The SMILES string of the molecule is Cc1ccc(S(=O)(=O)N/N=C/c2c(O)n(C)c3ccccc23)cc1. The molecule has 0 spiro atoms. The molecular formula is C17H17N3O3S. The first-order valence-corrected chi connectivity index (χ1v) is 8.76. The summed E-state index contributed by atoms with van der Waals surface area (Å²) in [7, 11) is -2.02. The predicted octanol–water partition coefficient (Wildman–Crippen LogP) is 2.50. The van der Waals surface area contributed by atoms with Crippen molar-refractivity contribution < 1.29 is 13.5 Å². The minimum atomic E-state index is -3.74. The van der Waals surface area contributed by atoms with E-state index in [0.29, 0.717) is 5.56 Å². The van der Waals surface area contributed by atoms with Crippen molar-refractivity contribution in [1.29, 1.82) is 0 Å². The number of aryl methyl sites for hydroxylation is 2. The van der Waals surface area contributed by atoms with Crippen molar-refractivity contribution in [2.75, 3.05) is 0 Å². The maximum atomic E-state index is 12.2. The van der Waals surface area contributed by atoms with Gasteiger partial charge in [-0.05, 0) is 25.1 Å². The van der Waals surface area contributed by atoms with Crippen LogP contribution >= 0.6 is 0 Å². The van der Waals surface area contributed by atoms with E-state index in [0.717, 1.165) is 16.5 Å². The number of sulfonamides is 1. The van der Waals surface area contributed by atoms with Gasteiger partial charge in [0.25, 0.3) is 10.0 Å². The molecule has 3 aromatic rings. The number of benzene rings is 2. The molecule has 0 atom stereocenters. The minimum Gasteiger partial charge on any atom is -0.494 e. The highest BCUT2D eigenvalue weighted by Gasteiger charge is 2.14. The standard InChI is InChI=1S/C17H17N3O3S/c1-12-7-9-13(10-8-12)24(22,23)19-18-11-15-14-5-3-4-6-16(14)20(2)17(15)21/h3-11,19,21H,1-2H3/b18-11+. The van der Waals surface area contributed by atoms with Crippen LogP contribution in [0.5, 0.6) is 5.88 Å². The molecule has 0 saturated carbocycles. The second-order valence-electron chi connectivity index (χ2n) is 5.48. The maximum Gasteiger partial charge on any atom is 0.276 e. The lowest BCUT2D eigenvalue weighted by Crippen LogP contribution is -2.18. The molecular weight excluding hydrogens is 326 g/mol. The monoisotopic (exact) mass is 343 g/mol. The Hall–Kier alpha value is -2.80. The number of nitrogens with one attached hydrogen (secondary N) is 1. The van der Waals surface area contributed by atoms with Gasteiger partial charge in [0, 0.05) is 12.4 Å². The molecule has 0 aliphatic heterocycles. The lowest BCUT2D eigenvalue weighted by Gasteiger charge is -2.03. The van der Waals surface area contributed by atoms with E-state index in [9.17, 15) is 13.5 Å². The fourth-order valence-electron chi connectivity index (χ4n) is 2.47. The molecule has 0 saturated heterocycles. The van der Waals surface area contributed by atoms with Crippen LogP contribution in [-0.4, -0.2) is 24.3 Å². The van der Waals surface area contributed by atoms with E-state index in [-0.39, 0.29) is 10.8 Å². The van der Waals surface area contributed by atoms with Gasteiger partial charge in [-0.3, -0.25) is 0 Å². The van der Waals surface area contributed by atoms with Crippen LogP contribution in [0, 0.1) is 6.92 Å². The first-order valence-electron chi connectivity index (χ1n) is 7.28. The summed E-state index contributed by atoms with van der Waals surface area (Å²) in [6.07, 6.45) is 1.31. The molecule has 0 aliphatic rings. The third-order valence-electron chi connectivity index (χ3n) is 3.81. The number of nitrogens with zero attached hydrogens (tertiary/aromatic N) is 2. The van der Waals surface area contributed by atoms with Gasteiger partial charge < -0.3 is 9.67 Å². The molecule has 1 aromatic heterocycles. The molecule has 0 fully saturated rings. The van der Waals surface area contributed by atoms with Crippen molar-refractivity contribution in [2.45, 2.75) is 11.8 Å². The zero-order valence-corrected chi connectivity index (χ0v) is 14.1. The summed E-state index contributed by atoms with van der Waals surface area (Å²) in [6.45, 7) is 1.88. The van der Waals surface area contributed by atoms with Crippen LogP contribution in [-0.2, 0) is 17.1 Å². The van der Waals surface area contributed by atoms with Crippen LogP contribution < -0.4 is 4.83 Å². The smallest absolute Gasteiger partial charge is 0.276 e. The molecule has 0 aliphatic carbocycles. The van der Waals surface area contributed by atoms with Gasteiger partial charge >= 0.3 is 0 Å². The van der Waals surface area contributed by atoms with Gasteiger partial charge in [-0.2, -0.15) is 13.5 Å². The fraction of sp³-hybridized carbons (Fsp3) is 0.118. The Labute approximate surface area is 140 Å². The average molecular weight is 343 g/mol. The number of rotatable bonds is 4. The van der Waals surface area contributed by atoms with Crippen molar-refractivity contribution in [3.63, 3.8) is 0 Å². The summed E-state index contributed by atoms with van der Waals surface area (Å²) >= 11 is 0. The van der Waals surface area contributed by atoms with Gasteiger partial charge in [-0.15, -0.1) is 0 Å². The molecule has 24 heavy (non-hydrogen) atoms. The molecule has 2 N–H and O–H groups in total. The van der Waals surface area contributed by atoms with Gasteiger partial charge in [-0.1, -0.05) is 35.9 Å². The highest BCUT2D eigenvalue weighted by molar-refractivity contribution is 7.89. The molecule has 6 nitrogen and oxygen atoms in total. The van der Waals surface area contributed by atoms with E-state index in [1.54, 1.807) is 23.7 Å². The van der Waals surface area contributed by atoms with E-state index in [2.05, 4.69) is 9.93 Å². The van der Waals surface area contributed by atoms with Crippen molar-refractivity contribution >= 4 is 27.1 Å². The van der Waals surface area contributed by atoms with E-state index >= 15 is 0 Å². The summed E-state index contributed by atoms with van der Waals surface area (Å²) in [5.74, 6) is 0.0227. The third kappa shape index (κ3) is 2.85. The summed E-state index contributed by atoms with van der Waals surface area (Å²) in [5.41, 5.74) is 2.26. The van der Waals surface area contributed by atoms with E-state index < -0.39 is 10.0 Å². The summed E-state index contributed by atoms with van der Waals surface area (Å²) in [4.78, 5) is 2.30. The quantitative estimate of drug-likeness (QED) is 0.564. The van der Waals surface area contributed by atoms with Crippen LogP contribution in [0.3, 0.4) is 0 Å².